The van der Waals surface area contributed by atoms with Crippen LogP contribution in [-0.4, -0.2) is 134 Å². The second-order valence-electron chi connectivity index (χ2n) is 9.98. The van der Waals surface area contributed by atoms with Gasteiger partial charge in [-0.1, -0.05) is 20.8 Å². The minimum absolute atomic E-state index is 0.148. The lowest BCUT2D eigenvalue weighted by molar-refractivity contribution is -0.371. The van der Waals surface area contributed by atoms with E-state index in [-0.39, 0.29) is 11.7 Å². The third-order valence-electron chi connectivity index (χ3n) is 6.83. The lowest BCUT2D eigenvalue weighted by atomic mass is 9.96. The minimum Gasteiger partial charge on any atom is -0.394 e. The summed E-state index contributed by atoms with van der Waals surface area (Å²) in [7, 11) is 0. The molecule has 0 aromatic rings. The van der Waals surface area contributed by atoms with Gasteiger partial charge in [0.2, 0.25) is 5.91 Å². The highest BCUT2D eigenvalue weighted by atomic mass is 16.8. The third-order valence-corrected chi connectivity index (χ3v) is 6.83. The number of aliphatic hydroxyl groups is 7. The van der Waals surface area contributed by atoms with Gasteiger partial charge in [0.1, 0.15) is 48.8 Å². The van der Waals surface area contributed by atoms with Gasteiger partial charge in [0.25, 0.3) is 0 Å². The van der Waals surface area contributed by atoms with Gasteiger partial charge in [-0.3, -0.25) is 9.59 Å². The molecular formula is C23H41NO13. The SMILES string of the molecule is CC(=O)C(NC(=O)C(C)C(C)OC1OC(CO)C(O)C(O)C1OC1OC(CO)C(O)C(O)C1O)C(C)C. The van der Waals surface area contributed by atoms with Crippen molar-refractivity contribution in [2.75, 3.05) is 13.2 Å². The first kappa shape index (κ1) is 31.9. The molecule has 2 fully saturated rings. The lowest BCUT2D eigenvalue weighted by Gasteiger charge is -2.46. The van der Waals surface area contributed by atoms with E-state index in [2.05, 4.69) is 5.32 Å². The molecule has 14 nitrogen and oxygen atoms in total. The molecule has 0 spiro atoms. The summed E-state index contributed by atoms with van der Waals surface area (Å²) in [6, 6.07) is -0.703. The summed E-state index contributed by atoms with van der Waals surface area (Å²) in [6.07, 6.45) is -16.8. The number of ketones is 1. The fourth-order valence-corrected chi connectivity index (χ4v) is 4.21. The van der Waals surface area contributed by atoms with Crippen LogP contribution < -0.4 is 5.32 Å². The van der Waals surface area contributed by atoms with Crippen LogP contribution in [0.4, 0.5) is 0 Å². The molecule has 0 aliphatic carbocycles. The molecule has 2 aliphatic heterocycles. The molecule has 2 heterocycles. The van der Waals surface area contributed by atoms with E-state index in [0.717, 1.165) is 0 Å². The maximum Gasteiger partial charge on any atom is 0.226 e. The Hall–Kier alpha value is -1.30. The monoisotopic (exact) mass is 539 g/mol. The standard InChI is InChI=1S/C23H41NO13/c1-8(2)14(10(4)27)24-21(33)9(3)11(5)34-23-20(18(31)16(29)13(7-26)36-23)37-22-19(32)17(30)15(28)12(6-25)35-22/h8-9,11-20,22-23,25-26,28-32H,6-7H2,1-5H3,(H,24,33). The molecule has 8 N–H and O–H groups in total. The molecule has 216 valence electrons. The number of hydrogen-bond donors (Lipinski definition) is 8. The quantitative estimate of drug-likeness (QED) is 0.127. The van der Waals surface area contributed by atoms with Crippen molar-refractivity contribution in [2.24, 2.45) is 11.8 Å². The van der Waals surface area contributed by atoms with E-state index >= 15 is 0 Å². The number of carbonyl (C=O) groups is 2. The number of amides is 1. The number of carbonyl (C=O) groups excluding carboxylic acids is 2. The highest BCUT2D eigenvalue weighted by molar-refractivity contribution is 5.88. The van der Waals surface area contributed by atoms with Crippen molar-refractivity contribution in [3.63, 3.8) is 0 Å². The normalized spacial score (nSPS) is 39.2. The van der Waals surface area contributed by atoms with Crippen molar-refractivity contribution >= 4 is 11.7 Å². The predicted molar refractivity (Wildman–Crippen MR) is 124 cm³/mol. The van der Waals surface area contributed by atoms with Gasteiger partial charge in [-0.05, 0) is 19.8 Å². The summed E-state index contributed by atoms with van der Waals surface area (Å²) in [5, 5.41) is 73.0. The maximum atomic E-state index is 12.8. The van der Waals surface area contributed by atoms with Crippen LogP contribution in [0.25, 0.3) is 0 Å². The van der Waals surface area contributed by atoms with Crippen LogP contribution in [0.3, 0.4) is 0 Å². The molecule has 0 bridgehead atoms. The van der Waals surface area contributed by atoms with Gasteiger partial charge in [0, 0.05) is 0 Å². The van der Waals surface area contributed by atoms with Crippen molar-refractivity contribution in [3.05, 3.63) is 0 Å². The van der Waals surface area contributed by atoms with Crippen molar-refractivity contribution < 1.29 is 64.3 Å². The Kier molecular flexibility index (Phi) is 11.8. The average Bonchev–Trinajstić information content (AvgIpc) is 2.85. The molecule has 37 heavy (non-hydrogen) atoms. The van der Waals surface area contributed by atoms with E-state index in [0.29, 0.717) is 0 Å². The van der Waals surface area contributed by atoms with Crippen molar-refractivity contribution in [2.45, 2.75) is 108 Å². The first-order chi connectivity index (χ1) is 17.2. The summed E-state index contributed by atoms with van der Waals surface area (Å²) in [4.78, 5) is 24.7. The van der Waals surface area contributed by atoms with Gasteiger partial charge in [-0.15, -0.1) is 0 Å². The fourth-order valence-electron chi connectivity index (χ4n) is 4.21. The Bertz CT molecular complexity index is 752. The van der Waals surface area contributed by atoms with Crippen LogP contribution in [-0.2, 0) is 28.5 Å². The van der Waals surface area contributed by atoms with Crippen molar-refractivity contribution in [1.29, 1.82) is 0 Å². The first-order valence-electron chi connectivity index (χ1n) is 12.3. The Labute approximate surface area is 215 Å². The average molecular weight is 540 g/mol. The number of hydrogen-bond acceptors (Lipinski definition) is 13. The van der Waals surface area contributed by atoms with Crippen molar-refractivity contribution in [3.8, 4) is 0 Å². The first-order valence-corrected chi connectivity index (χ1v) is 12.3. The van der Waals surface area contributed by atoms with E-state index in [9.17, 15) is 45.3 Å². The summed E-state index contributed by atoms with van der Waals surface area (Å²) in [6.45, 7) is 6.61. The Morgan fingerprint density at radius 2 is 1.32 bits per heavy atom. The molecular weight excluding hydrogens is 498 g/mol. The second-order valence-corrected chi connectivity index (χ2v) is 9.98. The van der Waals surface area contributed by atoms with Gasteiger partial charge in [-0.25, -0.2) is 0 Å². The molecule has 13 unspecified atom stereocenters. The summed E-state index contributed by atoms with van der Waals surface area (Å²) in [5.41, 5.74) is 0. The molecule has 0 aromatic heterocycles. The van der Waals surface area contributed by atoms with Crippen LogP contribution in [0.2, 0.25) is 0 Å². The lowest BCUT2D eigenvalue weighted by Crippen LogP contribution is -2.65. The Balaban J connectivity index is 2.20. The Morgan fingerprint density at radius 1 is 0.811 bits per heavy atom. The van der Waals surface area contributed by atoms with Crippen LogP contribution in [0.1, 0.15) is 34.6 Å². The van der Waals surface area contributed by atoms with E-state index in [4.69, 9.17) is 18.9 Å². The van der Waals surface area contributed by atoms with Gasteiger partial charge in [0.15, 0.2) is 18.4 Å². The molecule has 2 rings (SSSR count). The second kappa shape index (κ2) is 13.7. The van der Waals surface area contributed by atoms with E-state index < -0.39 is 98.6 Å². The minimum atomic E-state index is -1.81. The van der Waals surface area contributed by atoms with Crippen LogP contribution in [0.5, 0.6) is 0 Å². The highest BCUT2D eigenvalue weighted by Gasteiger charge is 2.51. The van der Waals surface area contributed by atoms with Crippen LogP contribution >= 0.6 is 0 Å². The zero-order valence-electron chi connectivity index (χ0n) is 21.6. The predicted octanol–water partition coefficient (Wildman–Crippen LogP) is -3.62. The largest absolute Gasteiger partial charge is 0.394 e. The molecule has 1 amide bonds. The van der Waals surface area contributed by atoms with Gasteiger partial charge in [-0.2, -0.15) is 0 Å². The summed E-state index contributed by atoms with van der Waals surface area (Å²) >= 11 is 0. The number of rotatable bonds is 11. The van der Waals surface area contributed by atoms with Crippen LogP contribution in [0.15, 0.2) is 0 Å². The molecule has 0 saturated carbocycles. The molecule has 13 atom stereocenters. The zero-order valence-corrected chi connectivity index (χ0v) is 21.6. The van der Waals surface area contributed by atoms with E-state index in [1.165, 1.54) is 13.8 Å². The number of ether oxygens (including phenoxy) is 4. The molecule has 2 saturated heterocycles. The zero-order chi connectivity index (χ0) is 28.2. The summed E-state index contributed by atoms with van der Waals surface area (Å²) in [5.74, 6) is -1.67. The van der Waals surface area contributed by atoms with E-state index in [1.807, 2.05) is 0 Å². The maximum absolute atomic E-state index is 12.8. The van der Waals surface area contributed by atoms with Gasteiger partial charge >= 0.3 is 0 Å². The smallest absolute Gasteiger partial charge is 0.226 e. The number of nitrogens with one attached hydrogen (secondary N) is 1. The van der Waals surface area contributed by atoms with Crippen molar-refractivity contribution in [1.82, 2.24) is 5.32 Å². The van der Waals surface area contributed by atoms with E-state index in [1.54, 1.807) is 20.8 Å². The van der Waals surface area contributed by atoms with Gasteiger partial charge in [0.05, 0.1) is 31.3 Å². The summed E-state index contributed by atoms with van der Waals surface area (Å²) < 4.78 is 22.3. The van der Waals surface area contributed by atoms with Crippen LogP contribution in [0, 0.1) is 11.8 Å². The molecule has 2 aliphatic rings. The molecule has 14 heteroatoms. The molecule has 0 aromatic carbocycles. The third kappa shape index (κ3) is 7.42. The molecule has 0 radical (unpaired) electrons. The fraction of sp³-hybridized carbons (Fsp3) is 0.913. The Morgan fingerprint density at radius 3 is 1.81 bits per heavy atom. The number of Topliss-reactive ketones (excluding diaryl/α,β-unsaturated/α-hetero) is 1. The highest BCUT2D eigenvalue weighted by Crippen LogP contribution is 2.30. The topological polar surface area (TPSA) is 225 Å². The number of aliphatic hydroxyl groups excluding tert-OH is 7. The van der Waals surface area contributed by atoms with Gasteiger partial charge < -0.3 is 60.0 Å².